The van der Waals surface area contributed by atoms with E-state index in [1.807, 2.05) is 55.3 Å². The van der Waals surface area contributed by atoms with E-state index >= 15 is 0 Å². The molecule has 0 aliphatic carbocycles. The van der Waals surface area contributed by atoms with Crippen LogP contribution in [0.3, 0.4) is 0 Å². The van der Waals surface area contributed by atoms with Crippen molar-refractivity contribution in [2.24, 2.45) is 5.41 Å². The second-order valence-electron chi connectivity index (χ2n) is 6.59. The number of carbonyl (C=O) groups excluding carboxylic acids is 2. The van der Waals surface area contributed by atoms with Crippen LogP contribution >= 0.6 is 11.8 Å². The summed E-state index contributed by atoms with van der Waals surface area (Å²) in [6, 6.07) is 9.44. The predicted octanol–water partition coefficient (Wildman–Crippen LogP) is 2.80. The molecule has 2 atom stereocenters. The van der Waals surface area contributed by atoms with Crippen LogP contribution in [0, 0.1) is 5.41 Å². The van der Waals surface area contributed by atoms with Crippen LogP contribution < -0.4 is 5.32 Å². The molecule has 2 amide bonds. The van der Waals surface area contributed by atoms with Crippen molar-refractivity contribution in [3.8, 4) is 0 Å². The number of benzene rings is 1. The van der Waals surface area contributed by atoms with Crippen molar-refractivity contribution in [3.05, 3.63) is 35.9 Å². The van der Waals surface area contributed by atoms with Gasteiger partial charge in [0.05, 0.1) is 5.41 Å². The lowest BCUT2D eigenvalue weighted by atomic mass is 9.80. The molecule has 1 N–H and O–H groups in total. The van der Waals surface area contributed by atoms with Gasteiger partial charge in [0.25, 0.3) is 5.91 Å². The Bertz CT molecular complexity index is 549. The molecule has 0 unspecified atom stereocenters. The summed E-state index contributed by atoms with van der Waals surface area (Å²) in [5.74, 6) is 0.972. The lowest BCUT2D eigenvalue weighted by Gasteiger charge is -2.40. The normalized spacial score (nSPS) is 22.5. The lowest BCUT2D eigenvalue weighted by molar-refractivity contribution is -0.133. The monoisotopic (exact) mass is 334 g/mol. The number of hydrogen-bond donors (Lipinski definition) is 1. The SMILES string of the molecule is CSC[C@H](C)NC(=O)[C@]1(C)CCCN(C(=O)c2ccccc2)C1. The maximum atomic E-state index is 12.7. The first kappa shape index (κ1) is 17.9. The van der Waals surface area contributed by atoms with Gasteiger partial charge in [-0.3, -0.25) is 9.59 Å². The largest absolute Gasteiger partial charge is 0.352 e. The number of nitrogens with zero attached hydrogens (tertiary/aromatic N) is 1. The molecule has 23 heavy (non-hydrogen) atoms. The minimum atomic E-state index is -0.505. The van der Waals surface area contributed by atoms with E-state index in [1.54, 1.807) is 11.8 Å². The lowest BCUT2D eigenvalue weighted by Crippen LogP contribution is -2.53. The van der Waals surface area contributed by atoms with E-state index in [1.165, 1.54) is 0 Å². The smallest absolute Gasteiger partial charge is 0.253 e. The Morgan fingerprint density at radius 2 is 2.04 bits per heavy atom. The van der Waals surface area contributed by atoms with Crippen LogP contribution in [-0.2, 0) is 4.79 Å². The Morgan fingerprint density at radius 1 is 1.35 bits per heavy atom. The first-order valence-corrected chi connectivity index (χ1v) is 9.50. The highest BCUT2D eigenvalue weighted by molar-refractivity contribution is 7.98. The van der Waals surface area contributed by atoms with Crippen LogP contribution in [0.25, 0.3) is 0 Å². The summed E-state index contributed by atoms with van der Waals surface area (Å²) in [6.07, 6.45) is 3.72. The molecule has 0 saturated carbocycles. The zero-order valence-corrected chi connectivity index (χ0v) is 15.0. The quantitative estimate of drug-likeness (QED) is 0.901. The molecule has 2 rings (SSSR count). The van der Waals surface area contributed by atoms with Gasteiger partial charge < -0.3 is 10.2 Å². The fraction of sp³-hybridized carbons (Fsp3) is 0.556. The summed E-state index contributed by atoms with van der Waals surface area (Å²) >= 11 is 1.72. The van der Waals surface area contributed by atoms with Crippen molar-refractivity contribution in [2.45, 2.75) is 32.7 Å². The molecular weight excluding hydrogens is 308 g/mol. The molecule has 1 aliphatic rings. The summed E-state index contributed by atoms with van der Waals surface area (Å²) in [7, 11) is 0. The molecule has 4 nitrogen and oxygen atoms in total. The van der Waals surface area contributed by atoms with Crippen LogP contribution in [-0.4, -0.2) is 47.9 Å². The molecule has 126 valence electrons. The molecule has 1 fully saturated rings. The van der Waals surface area contributed by atoms with Gasteiger partial charge >= 0.3 is 0 Å². The Hall–Kier alpha value is -1.49. The van der Waals surface area contributed by atoms with Crippen LogP contribution in [0.2, 0.25) is 0 Å². The number of thioether (sulfide) groups is 1. The van der Waals surface area contributed by atoms with Gasteiger partial charge in [-0.15, -0.1) is 0 Å². The van der Waals surface area contributed by atoms with Gasteiger partial charge in [0.1, 0.15) is 0 Å². The van der Waals surface area contributed by atoms with Gasteiger partial charge in [0, 0.05) is 30.4 Å². The average molecular weight is 334 g/mol. The van der Waals surface area contributed by atoms with Crippen LogP contribution in [0.5, 0.6) is 0 Å². The topological polar surface area (TPSA) is 49.4 Å². The molecule has 1 saturated heterocycles. The third-order valence-electron chi connectivity index (χ3n) is 4.35. The van der Waals surface area contributed by atoms with E-state index in [0.717, 1.165) is 25.1 Å². The van der Waals surface area contributed by atoms with Crippen molar-refractivity contribution < 1.29 is 9.59 Å². The van der Waals surface area contributed by atoms with Gasteiger partial charge in [-0.1, -0.05) is 18.2 Å². The summed E-state index contributed by atoms with van der Waals surface area (Å²) in [4.78, 5) is 27.1. The van der Waals surface area contributed by atoms with Gasteiger partial charge in [0.15, 0.2) is 0 Å². The van der Waals surface area contributed by atoms with Crippen molar-refractivity contribution in [2.75, 3.05) is 25.1 Å². The second-order valence-corrected chi connectivity index (χ2v) is 7.50. The summed E-state index contributed by atoms with van der Waals surface area (Å²) in [5, 5.41) is 3.09. The molecule has 1 aromatic carbocycles. The highest BCUT2D eigenvalue weighted by Crippen LogP contribution is 2.30. The first-order chi connectivity index (χ1) is 11.0. The standard InChI is InChI=1S/C18H26N2O2S/c1-14(12-23-3)19-17(22)18(2)10-7-11-20(13-18)16(21)15-8-5-4-6-9-15/h4-6,8-9,14H,7,10-13H2,1-3H3,(H,19,22)/t14-,18+/m0/s1. The van der Waals surface area contributed by atoms with Crippen molar-refractivity contribution in [1.29, 1.82) is 0 Å². The molecule has 0 radical (unpaired) electrons. The van der Waals surface area contributed by atoms with Crippen LogP contribution in [0.15, 0.2) is 30.3 Å². The summed E-state index contributed by atoms with van der Waals surface area (Å²) in [6.45, 7) is 5.20. The molecule has 0 bridgehead atoms. The summed E-state index contributed by atoms with van der Waals surface area (Å²) in [5.41, 5.74) is 0.183. The predicted molar refractivity (Wildman–Crippen MR) is 95.7 cm³/mol. The third-order valence-corrected chi connectivity index (χ3v) is 5.18. The number of rotatable bonds is 5. The highest BCUT2D eigenvalue weighted by Gasteiger charge is 2.39. The van der Waals surface area contributed by atoms with Crippen molar-refractivity contribution in [3.63, 3.8) is 0 Å². The van der Waals surface area contributed by atoms with Crippen LogP contribution in [0.1, 0.15) is 37.0 Å². The fourth-order valence-electron chi connectivity index (χ4n) is 3.05. The summed E-state index contributed by atoms with van der Waals surface area (Å²) < 4.78 is 0. The van der Waals surface area contributed by atoms with Gasteiger partial charge in [-0.2, -0.15) is 11.8 Å². The van der Waals surface area contributed by atoms with Crippen LogP contribution in [0.4, 0.5) is 0 Å². The third kappa shape index (κ3) is 4.50. The minimum Gasteiger partial charge on any atom is -0.352 e. The first-order valence-electron chi connectivity index (χ1n) is 8.10. The van der Waals surface area contributed by atoms with E-state index in [9.17, 15) is 9.59 Å². The van der Waals surface area contributed by atoms with E-state index < -0.39 is 5.41 Å². The van der Waals surface area contributed by atoms with E-state index in [2.05, 4.69) is 5.32 Å². The van der Waals surface area contributed by atoms with E-state index in [0.29, 0.717) is 12.1 Å². The highest BCUT2D eigenvalue weighted by atomic mass is 32.2. The fourth-order valence-corrected chi connectivity index (χ4v) is 3.63. The Balaban J connectivity index is 2.04. The number of nitrogens with one attached hydrogen (secondary N) is 1. The van der Waals surface area contributed by atoms with E-state index in [4.69, 9.17) is 0 Å². The van der Waals surface area contributed by atoms with E-state index in [-0.39, 0.29) is 17.9 Å². The maximum absolute atomic E-state index is 12.7. The van der Waals surface area contributed by atoms with Crippen molar-refractivity contribution >= 4 is 23.6 Å². The number of piperidine rings is 1. The molecule has 1 heterocycles. The van der Waals surface area contributed by atoms with Crippen molar-refractivity contribution in [1.82, 2.24) is 10.2 Å². The number of hydrogen-bond acceptors (Lipinski definition) is 3. The zero-order chi connectivity index (χ0) is 16.9. The Labute approximate surface area is 143 Å². The molecule has 0 aromatic heterocycles. The second kappa shape index (κ2) is 7.86. The zero-order valence-electron chi connectivity index (χ0n) is 14.2. The molecule has 0 spiro atoms. The number of amides is 2. The number of carbonyl (C=O) groups is 2. The Morgan fingerprint density at radius 3 is 2.70 bits per heavy atom. The minimum absolute atomic E-state index is 0.0153. The molecular formula is C18H26N2O2S. The Kier molecular flexibility index (Phi) is 6.10. The molecule has 5 heteroatoms. The molecule has 1 aliphatic heterocycles. The maximum Gasteiger partial charge on any atom is 0.253 e. The molecule has 1 aromatic rings. The number of likely N-dealkylation sites (tertiary alicyclic amines) is 1. The van der Waals surface area contributed by atoms with Gasteiger partial charge in [-0.25, -0.2) is 0 Å². The van der Waals surface area contributed by atoms with Gasteiger partial charge in [-0.05, 0) is 45.1 Å². The average Bonchev–Trinajstić information content (AvgIpc) is 2.55. The van der Waals surface area contributed by atoms with Gasteiger partial charge in [0.2, 0.25) is 5.91 Å².